The van der Waals surface area contributed by atoms with E-state index in [1.807, 2.05) is 0 Å². The molecule has 1 saturated heterocycles. The van der Waals surface area contributed by atoms with Crippen molar-refractivity contribution in [2.75, 3.05) is 13.1 Å². The fourth-order valence-corrected chi connectivity index (χ4v) is 1.96. The predicted octanol–water partition coefficient (Wildman–Crippen LogP) is -1.78. The Hall–Kier alpha value is -2.32. The number of amides is 4. The van der Waals surface area contributed by atoms with Gasteiger partial charge in [0.25, 0.3) is 0 Å². The zero-order valence-electron chi connectivity index (χ0n) is 10.9. The summed E-state index contributed by atoms with van der Waals surface area (Å²) in [6, 6.07) is -1.78. The Morgan fingerprint density at radius 1 is 1.30 bits per heavy atom. The van der Waals surface area contributed by atoms with Crippen molar-refractivity contribution >= 4 is 23.8 Å². The minimum absolute atomic E-state index is 0.0799. The molecule has 0 aliphatic carbocycles. The lowest BCUT2D eigenvalue weighted by molar-refractivity contribution is -0.139. The smallest absolute Gasteiger partial charge is 0.326 e. The minimum atomic E-state index is -1.25. The number of hydrogen-bond donors (Lipinski definition) is 4. The van der Waals surface area contributed by atoms with Gasteiger partial charge in [0.05, 0.1) is 5.92 Å². The molecular formula is C11H18N4O5. The van der Waals surface area contributed by atoms with E-state index in [9.17, 15) is 19.2 Å². The van der Waals surface area contributed by atoms with Crippen molar-refractivity contribution in [2.24, 2.45) is 17.4 Å². The number of hydrogen-bond acceptors (Lipinski definition) is 4. The molecule has 9 heteroatoms. The molecule has 1 rings (SSSR count). The average Bonchev–Trinajstić information content (AvgIpc) is 2.83. The molecule has 0 radical (unpaired) electrons. The van der Waals surface area contributed by atoms with E-state index in [1.54, 1.807) is 0 Å². The Morgan fingerprint density at radius 2 is 1.95 bits per heavy atom. The van der Waals surface area contributed by atoms with Crippen molar-refractivity contribution in [3.05, 3.63) is 0 Å². The molecule has 6 N–H and O–H groups in total. The molecule has 0 aromatic carbocycles. The monoisotopic (exact) mass is 286 g/mol. The lowest BCUT2D eigenvalue weighted by atomic mass is 10.1. The Kier molecular flexibility index (Phi) is 5.30. The fourth-order valence-electron chi connectivity index (χ4n) is 1.96. The molecule has 0 aromatic rings. The van der Waals surface area contributed by atoms with Crippen LogP contribution in [0.4, 0.5) is 4.79 Å². The first-order chi connectivity index (χ1) is 9.31. The first-order valence-electron chi connectivity index (χ1n) is 6.17. The number of rotatable bonds is 6. The van der Waals surface area contributed by atoms with Gasteiger partial charge in [-0.2, -0.15) is 0 Å². The van der Waals surface area contributed by atoms with Crippen molar-refractivity contribution in [2.45, 2.75) is 25.3 Å². The van der Waals surface area contributed by atoms with Gasteiger partial charge in [-0.05, 0) is 12.8 Å². The molecule has 2 atom stereocenters. The standard InChI is InChI=1S/C11H18N4O5/c12-8(16)2-1-7(10(18)19)14-11(20)15-4-3-6(5-15)9(13)17/h6-7H,1-5H2,(H2,12,16)(H2,13,17)(H,14,20)(H,18,19). The van der Waals surface area contributed by atoms with Gasteiger partial charge >= 0.3 is 12.0 Å². The summed E-state index contributed by atoms with van der Waals surface area (Å²) in [6.07, 6.45) is 0.242. The van der Waals surface area contributed by atoms with Crippen molar-refractivity contribution in [1.82, 2.24) is 10.2 Å². The van der Waals surface area contributed by atoms with Gasteiger partial charge in [-0.1, -0.05) is 0 Å². The van der Waals surface area contributed by atoms with Crippen LogP contribution in [0.1, 0.15) is 19.3 Å². The Morgan fingerprint density at radius 3 is 2.40 bits per heavy atom. The maximum Gasteiger partial charge on any atom is 0.326 e. The molecule has 1 heterocycles. The van der Waals surface area contributed by atoms with Crippen LogP contribution in [0.3, 0.4) is 0 Å². The summed E-state index contributed by atoms with van der Waals surface area (Å²) in [6.45, 7) is 0.505. The lowest BCUT2D eigenvalue weighted by Gasteiger charge is -2.20. The molecular weight excluding hydrogens is 268 g/mol. The number of aliphatic carboxylic acids is 1. The molecule has 0 spiro atoms. The van der Waals surface area contributed by atoms with E-state index in [-0.39, 0.29) is 19.4 Å². The first-order valence-corrected chi connectivity index (χ1v) is 6.17. The first kappa shape index (κ1) is 15.7. The van der Waals surface area contributed by atoms with E-state index in [0.717, 1.165) is 0 Å². The molecule has 4 amide bonds. The molecule has 0 aromatic heterocycles. The van der Waals surface area contributed by atoms with E-state index in [1.165, 1.54) is 4.90 Å². The molecule has 0 saturated carbocycles. The van der Waals surface area contributed by atoms with Crippen LogP contribution in [0, 0.1) is 5.92 Å². The van der Waals surface area contributed by atoms with Crippen molar-refractivity contribution < 1.29 is 24.3 Å². The Labute approximate surface area is 115 Å². The number of carboxylic acids is 1. The fraction of sp³-hybridized carbons (Fsp3) is 0.636. The lowest BCUT2D eigenvalue weighted by Crippen LogP contribution is -2.47. The van der Waals surface area contributed by atoms with E-state index >= 15 is 0 Å². The second kappa shape index (κ2) is 6.73. The quantitative estimate of drug-likeness (QED) is 0.454. The molecule has 2 unspecified atom stereocenters. The summed E-state index contributed by atoms with van der Waals surface area (Å²) in [7, 11) is 0. The maximum absolute atomic E-state index is 11.9. The summed E-state index contributed by atoms with van der Waals surface area (Å²) in [5.41, 5.74) is 10.1. The molecule has 1 aliphatic heterocycles. The number of carbonyl (C=O) groups is 4. The zero-order chi connectivity index (χ0) is 15.3. The van der Waals surface area contributed by atoms with Crippen LogP contribution in [-0.4, -0.2) is 53.0 Å². The molecule has 20 heavy (non-hydrogen) atoms. The average molecular weight is 286 g/mol. The number of nitrogens with two attached hydrogens (primary N) is 2. The van der Waals surface area contributed by atoms with Crippen molar-refractivity contribution in [3.63, 3.8) is 0 Å². The van der Waals surface area contributed by atoms with Crippen LogP contribution in [-0.2, 0) is 14.4 Å². The zero-order valence-corrected chi connectivity index (χ0v) is 10.9. The van der Waals surface area contributed by atoms with E-state index in [0.29, 0.717) is 13.0 Å². The van der Waals surface area contributed by atoms with Crippen molar-refractivity contribution in [3.8, 4) is 0 Å². The van der Waals surface area contributed by atoms with Crippen LogP contribution in [0.2, 0.25) is 0 Å². The minimum Gasteiger partial charge on any atom is -0.480 e. The highest BCUT2D eigenvalue weighted by molar-refractivity contribution is 5.84. The number of likely N-dealkylation sites (tertiary alicyclic amines) is 1. The third kappa shape index (κ3) is 4.41. The molecule has 1 aliphatic rings. The third-order valence-corrected chi connectivity index (χ3v) is 3.15. The molecule has 112 valence electrons. The van der Waals surface area contributed by atoms with Crippen LogP contribution in [0.25, 0.3) is 0 Å². The van der Waals surface area contributed by atoms with E-state index in [2.05, 4.69) is 5.32 Å². The van der Waals surface area contributed by atoms with Crippen molar-refractivity contribution in [1.29, 1.82) is 0 Å². The molecule has 9 nitrogen and oxygen atoms in total. The molecule has 0 bridgehead atoms. The largest absolute Gasteiger partial charge is 0.480 e. The van der Waals surface area contributed by atoms with Gasteiger partial charge in [0.2, 0.25) is 11.8 Å². The van der Waals surface area contributed by atoms with E-state index in [4.69, 9.17) is 16.6 Å². The second-order valence-electron chi connectivity index (χ2n) is 4.68. The van der Waals surface area contributed by atoms with Gasteiger partial charge in [-0.15, -0.1) is 0 Å². The summed E-state index contributed by atoms with van der Waals surface area (Å²) in [5.74, 6) is -2.77. The number of urea groups is 1. The van der Waals surface area contributed by atoms with Crippen LogP contribution >= 0.6 is 0 Å². The summed E-state index contributed by atoms with van der Waals surface area (Å²) in [5, 5.41) is 11.3. The highest BCUT2D eigenvalue weighted by atomic mass is 16.4. The highest BCUT2D eigenvalue weighted by Gasteiger charge is 2.31. The maximum atomic E-state index is 11.9. The Bertz CT molecular complexity index is 425. The topological polar surface area (TPSA) is 156 Å². The third-order valence-electron chi connectivity index (χ3n) is 3.15. The number of nitrogens with one attached hydrogen (secondary N) is 1. The molecule has 1 fully saturated rings. The summed E-state index contributed by atoms with van der Waals surface area (Å²) >= 11 is 0. The van der Waals surface area contributed by atoms with E-state index < -0.39 is 35.8 Å². The second-order valence-corrected chi connectivity index (χ2v) is 4.68. The number of carboxylic acid groups (broad SMARTS) is 1. The summed E-state index contributed by atoms with van der Waals surface area (Å²) < 4.78 is 0. The van der Waals surface area contributed by atoms with Crippen LogP contribution in [0.15, 0.2) is 0 Å². The van der Waals surface area contributed by atoms with Crippen LogP contribution < -0.4 is 16.8 Å². The van der Waals surface area contributed by atoms with Gasteiger partial charge in [-0.25, -0.2) is 9.59 Å². The van der Waals surface area contributed by atoms with Gasteiger partial charge in [-0.3, -0.25) is 9.59 Å². The number of carbonyl (C=O) groups excluding carboxylic acids is 3. The Balaban J connectivity index is 2.52. The highest BCUT2D eigenvalue weighted by Crippen LogP contribution is 2.15. The number of primary amides is 2. The number of nitrogens with zero attached hydrogens (tertiary/aromatic N) is 1. The van der Waals surface area contributed by atoms with Gasteiger partial charge < -0.3 is 26.8 Å². The SMILES string of the molecule is NC(=O)CCC(NC(=O)N1CCC(C(N)=O)C1)C(=O)O. The van der Waals surface area contributed by atoms with Crippen LogP contribution in [0.5, 0.6) is 0 Å². The predicted molar refractivity (Wildman–Crippen MR) is 67.3 cm³/mol. The summed E-state index contributed by atoms with van der Waals surface area (Å²) in [4.78, 5) is 45.8. The van der Waals surface area contributed by atoms with Gasteiger partial charge in [0.1, 0.15) is 6.04 Å². The normalized spacial score (nSPS) is 19.4. The van der Waals surface area contributed by atoms with Gasteiger partial charge in [0.15, 0.2) is 0 Å². The van der Waals surface area contributed by atoms with Gasteiger partial charge in [0, 0.05) is 19.5 Å².